The maximum atomic E-state index is 13.8. The summed E-state index contributed by atoms with van der Waals surface area (Å²) in [6.07, 6.45) is 5.01. The number of benzene rings is 1. The zero-order valence-corrected chi connectivity index (χ0v) is 21.2. The number of hydrogen-bond acceptors (Lipinski definition) is 5. The molecule has 4 aliphatic rings. The molecule has 9 heteroatoms. The molecule has 1 saturated carbocycles. The topological polar surface area (TPSA) is 121 Å². The summed E-state index contributed by atoms with van der Waals surface area (Å²) in [4.78, 5) is 57.4. The Morgan fingerprint density at radius 3 is 2.86 bits per heavy atom. The maximum absolute atomic E-state index is 13.8. The Morgan fingerprint density at radius 2 is 2.08 bits per heavy atom. The molecule has 5 atom stereocenters. The minimum Gasteiger partial charge on any atom is -0.492 e. The van der Waals surface area contributed by atoms with Crippen molar-refractivity contribution in [3.05, 3.63) is 29.5 Å². The van der Waals surface area contributed by atoms with Crippen LogP contribution in [0.3, 0.4) is 0 Å². The lowest BCUT2D eigenvalue weighted by Crippen LogP contribution is -2.53. The van der Waals surface area contributed by atoms with Crippen LogP contribution >= 0.6 is 0 Å². The molecule has 3 amide bonds. The number of hydrogen-bond donors (Lipinski definition) is 3. The fourth-order valence-electron chi connectivity index (χ4n) is 6.90. The Balaban J connectivity index is 1.26. The first-order chi connectivity index (χ1) is 17.9. The summed E-state index contributed by atoms with van der Waals surface area (Å²) in [5.41, 5.74) is 2.43. The number of carbonyl (C=O) groups is 4. The van der Waals surface area contributed by atoms with Gasteiger partial charge < -0.3 is 25.3 Å². The Morgan fingerprint density at radius 1 is 1.22 bits per heavy atom. The van der Waals surface area contributed by atoms with E-state index in [0.717, 1.165) is 47.9 Å². The number of ether oxygens (including phenoxy) is 1. The number of fused-ring (bicyclic) bond motifs is 4. The van der Waals surface area contributed by atoms with Crippen LogP contribution in [-0.2, 0) is 20.8 Å². The van der Waals surface area contributed by atoms with Gasteiger partial charge in [0.2, 0.25) is 11.8 Å². The lowest BCUT2D eigenvalue weighted by Gasteiger charge is -2.29. The summed E-state index contributed by atoms with van der Waals surface area (Å²) in [7, 11) is 0. The van der Waals surface area contributed by atoms with E-state index in [2.05, 4.69) is 15.6 Å². The largest absolute Gasteiger partial charge is 0.492 e. The monoisotopic (exact) mass is 506 g/mol. The van der Waals surface area contributed by atoms with Gasteiger partial charge in [-0.05, 0) is 55.2 Å². The predicted molar refractivity (Wildman–Crippen MR) is 136 cm³/mol. The normalized spacial score (nSPS) is 27.1. The molecule has 37 heavy (non-hydrogen) atoms. The molecule has 0 bridgehead atoms. The quantitative estimate of drug-likeness (QED) is 0.532. The van der Waals surface area contributed by atoms with Crippen molar-refractivity contribution < 1.29 is 23.9 Å². The molecule has 4 heterocycles. The van der Waals surface area contributed by atoms with Gasteiger partial charge in [0.1, 0.15) is 17.5 Å². The van der Waals surface area contributed by atoms with Crippen LogP contribution in [-0.4, -0.2) is 65.2 Å². The number of aromatic amines is 1. The van der Waals surface area contributed by atoms with Crippen molar-refractivity contribution in [3.8, 4) is 5.75 Å². The zero-order chi connectivity index (χ0) is 25.7. The number of amides is 3. The molecule has 0 radical (unpaired) electrons. The second kappa shape index (κ2) is 9.50. The lowest BCUT2D eigenvalue weighted by atomic mass is 9.91. The molecule has 3 aliphatic heterocycles. The van der Waals surface area contributed by atoms with E-state index < -0.39 is 12.1 Å². The van der Waals surface area contributed by atoms with Crippen LogP contribution in [0.25, 0.3) is 10.9 Å². The number of nitrogens with one attached hydrogen (secondary N) is 3. The number of ketones is 1. The third-order valence-electron chi connectivity index (χ3n) is 8.84. The summed E-state index contributed by atoms with van der Waals surface area (Å²) in [6.45, 7) is 3.53. The predicted octanol–water partition coefficient (Wildman–Crippen LogP) is 2.33. The molecule has 5 unspecified atom stereocenters. The molecule has 0 spiro atoms. The van der Waals surface area contributed by atoms with Gasteiger partial charge in [0.15, 0.2) is 5.78 Å². The molecule has 1 aliphatic carbocycles. The number of H-pyrrole nitrogens is 1. The van der Waals surface area contributed by atoms with Crippen LogP contribution in [0.4, 0.5) is 0 Å². The number of likely N-dealkylation sites (tertiary alicyclic amines) is 1. The fourth-order valence-corrected chi connectivity index (χ4v) is 6.90. The van der Waals surface area contributed by atoms with Crippen molar-refractivity contribution in [2.75, 3.05) is 19.7 Å². The van der Waals surface area contributed by atoms with Crippen LogP contribution in [0.5, 0.6) is 5.75 Å². The van der Waals surface area contributed by atoms with E-state index in [1.165, 1.54) is 0 Å². The molecule has 6 rings (SSSR count). The first-order valence-electron chi connectivity index (χ1n) is 13.6. The highest BCUT2D eigenvalue weighted by Crippen LogP contribution is 2.43. The second-order valence-corrected chi connectivity index (χ2v) is 10.9. The van der Waals surface area contributed by atoms with Crippen molar-refractivity contribution in [2.24, 2.45) is 17.8 Å². The molecule has 2 aromatic rings. The van der Waals surface area contributed by atoms with E-state index in [9.17, 15) is 19.2 Å². The Hall–Kier alpha value is -3.36. The Bertz CT molecular complexity index is 1270. The molecule has 196 valence electrons. The summed E-state index contributed by atoms with van der Waals surface area (Å²) in [5, 5.41) is 6.67. The number of rotatable bonds is 7. The van der Waals surface area contributed by atoms with Crippen LogP contribution in [0.15, 0.2) is 18.2 Å². The molecular formula is C28H34N4O5. The Kier molecular flexibility index (Phi) is 6.16. The SMILES string of the molecule is CCC(=O)C(CC1CCNC1=O)NC(=O)C1C2CCCC2CN1C(=O)c1cc2c3c(ccc2[nH]1)CCO3. The average molecular weight is 507 g/mol. The van der Waals surface area contributed by atoms with Gasteiger partial charge in [-0.25, -0.2) is 0 Å². The van der Waals surface area contributed by atoms with Gasteiger partial charge in [-0.1, -0.05) is 19.4 Å². The number of aromatic nitrogens is 1. The molecule has 1 aromatic heterocycles. The van der Waals surface area contributed by atoms with Crippen LogP contribution < -0.4 is 15.4 Å². The molecular weight excluding hydrogens is 472 g/mol. The van der Waals surface area contributed by atoms with E-state index in [-0.39, 0.29) is 47.7 Å². The minimum absolute atomic E-state index is 0.0639. The van der Waals surface area contributed by atoms with Crippen molar-refractivity contribution in [2.45, 2.75) is 64.0 Å². The maximum Gasteiger partial charge on any atom is 0.271 e. The van der Waals surface area contributed by atoms with Crippen LogP contribution in [0.1, 0.15) is 61.5 Å². The lowest BCUT2D eigenvalue weighted by molar-refractivity contribution is -0.132. The summed E-state index contributed by atoms with van der Waals surface area (Å²) in [5.74, 6) is 0.265. The molecule has 2 saturated heterocycles. The van der Waals surface area contributed by atoms with E-state index in [1.54, 1.807) is 11.8 Å². The summed E-state index contributed by atoms with van der Waals surface area (Å²) in [6, 6.07) is 4.49. The standard InChI is InChI=1S/C28H34N4O5/c1-2-23(33)21(12-16-8-10-29-26(16)34)31-27(35)24-18-5-3-4-17(18)14-32(24)28(36)22-13-19-20(30-22)7-6-15-9-11-37-25(15)19/h6-7,13,16-18,21,24,30H,2-5,8-12,14H2,1H3,(H,29,34)(H,31,35). The number of nitrogens with zero attached hydrogens (tertiary/aromatic N) is 1. The number of Topliss-reactive ketones (excluding diaryl/α,β-unsaturated/α-hetero) is 1. The Labute approximate surface area is 215 Å². The van der Waals surface area contributed by atoms with Gasteiger partial charge >= 0.3 is 0 Å². The second-order valence-electron chi connectivity index (χ2n) is 10.9. The van der Waals surface area contributed by atoms with Crippen LogP contribution in [0, 0.1) is 17.8 Å². The van der Waals surface area contributed by atoms with Gasteiger partial charge in [-0.2, -0.15) is 0 Å². The van der Waals surface area contributed by atoms with Gasteiger partial charge in [0.25, 0.3) is 5.91 Å². The molecule has 9 nitrogen and oxygen atoms in total. The van der Waals surface area contributed by atoms with Gasteiger partial charge in [-0.3, -0.25) is 19.2 Å². The van der Waals surface area contributed by atoms with Crippen LogP contribution in [0.2, 0.25) is 0 Å². The van der Waals surface area contributed by atoms with Crippen molar-refractivity contribution in [3.63, 3.8) is 0 Å². The minimum atomic E-state index is -0.725. The first kappa shape index (κ1) is 24.0. The van der Waals surface area contributed by atoms with Gasteiger partial charge in [-0.15, -0.1) is 0 Å². The third kappa shape index (κ3) is 4.18. The first-order valence-corrected chi connectivity index (χ1v) is 13.6. The summed E-state index contributed by atoms with van der Waals surface area (Å²) < 4.78 is 5.82. The average Bonchev–Trinajstić information content (AvgIpc) is 3.70. The van der Waals surface area contributed by atoms with Crippen molar-refractivity contribution in [1.82, 2.24) is 20.5 Å². The highest BCUT2D eigenvalue weighted by Gasteiger charge is 2.50. The molecule has 3 N–H and O–H groups in total. The van der Waals surface area contributed by atoms with E-state index in [4.69, 9.17) is 4.74 Å². The van der Waals surface area contributed by atoms with Crippen molar-refractivity contribution >= 4 is 34.4 Å². The smallest absolute Gasteiger partial charge is 0.271 e. The number of carbonyl (C=O) groups excluding carboxylic acids is 4. The van der Waals surface area contributed by atoms with E-state index in [0.29, 0.717) is 38.2 Å². The van der Waals surface area contributed by atoms with Crippen molar-refractivity contribution in [1.29, 1.82) is 0 Å². The molecule has 1 aromatic carbocycles. The third-order valence-corrected chi connectivity index (χ3v) is 8.84. The summed E-state index contributed by atoms with van der Waals surface area (Å²) >= 11 is 0. The highest BCUT2D eigenvalue weighted by molar-refractivity contribution is 6.02. The molecule has 3 fully saturated rings. The highest BCUT2D eigenvalue weighted by atomic mass is 16.5. The van der Waals surface area contributed by atoms with E-state index in [1.807, 2.05) is 18.2 Å². The fraction of sp³-hybridized carbons (Fsp3) is 0.571. The zero-order valence-electron chi connectivity index (χ0n) is 21.2. The van der Waals surface area contributed by atoms with Gasteiger partial charge in [0.05, 0.1) is 12.6 Å². The van der Waals surface area contributed by atoms with Gasteiger partial charge in [0, 0.05) is 42.8 Å². The van der Waals surface area contributed by atoms with E-state index >= 15 is 0 Å².